The van der Waals surface area contributed by atoms with Gasteiger partial charge in [0.25, 0.3) is 0 Å². The summed E-state index contributed by atoms with van der Waals surface area (Å²) in [7, 11) is 1.33. The van der Waals surface area contributed by atoms with E-state index in [1.54, 1.807) is 48.5 Å². The highest BCUT2D eigenvalue weighted by Crippen LogP contribution is 2.29. The van der Waals surface area contributed by atoms with Gasteiger partial charge in [-0.05, 0) is 55.2 Å². The number of nitrogens with one attached hydrogen (secondary N) is 1. The van der Waals surface area contributed by atoms with Crippen molar-refractivity contribution in [2.45, 2.75) is 31.7 Å². The summed E-state index contributed by atoms with van der Waals surface area (Å²) in [5.41, 5.74) is 8.18. The van der Waals surface area contributed by atoms with Crippen molar-refractivity contribution in [1.82, 2.24) is 4.90 Å². The van der Waals surface area contributed by atoms with Gasteiger partial charge >= 0.3 is 5.97 Å². The van der Waals surface area contributed by atoms with Crippen LogP contribution in [0.3, 0.4) is 0 Å². The fourth-order valence-corrected chi connectivity index (χ4v) is 4.86. The lowest BCUT2D eigenvalue weighted by Gasteiger charge is -2.25. The second-order valence-corrected chi connectivity index (χ2v) is 9.65. The third-order valence-corrected chi connectivity index (χ3v) is 6.97. The summed E-state index contributed by atoms with van der Waals surface area (Å²) in [6.07, 6.45) is 2.23. The van der Waals surface area contributed by atoms with Crippen molar-refractivity contribution < 1.29 is 23.9 Å². The molecule has 3 aromatic carbocycles. The minimum atomic E-state index is -0.423. The van der Waals surface area contributed by atoms with Crippen molar-refractivity contribution >= 4 is 35.9 Å². The molecule has 1 aliphatic rings. The van der Waals surface area contributed by atoms with E-state index in [9.17, 15) is 14.4 Å². The zero-order chi connectivity index (χ0) is 27.8. The van der Waals surface area contributed by atoms with Crippen LogP contribution in [0.15, 0.2) is 78.9 Å². The van der Waals surface area contributed by atoms with E-state index in [-0.39, 0.29) is 49.0 Å². The normalized spacial score (nSPS) is 16.2. The van der Waals surface area contributed by atoms with Crippen LogP contribution in [0.5, 0.6) is 5.75 Å². The molecule has 3 N–H and O–H groups in total. The maximum absolute atomic E-state index is 13.1. The van der Waals surface area contributed by atoms with Crippen molar-refractivity contribution in [3.05, 3.63) is 101 Å². The summed E-state index contributed by atoms with van der Waals surface area (Å²) in [4.78, 5) is 39.7. The fraction of sp³-hybridized carbons (Fsp3) is 0.290. The number of aryl methyl sites for hydroxylation is 1. The van der Waals surface area contributed by atoms with Crippen LogP contribution in [0.2, 0.25) is 0 Å². The molecule has 40 heavy (non-hydrogen) atoms. The SMILES string of the molecule is COC(=O)C[C@@H]1C[C@@H](COc2ccc(C(=O)c3cccc(C(=N)N)c3)cc2)N(CCCc2ccccc2)C1=O.Cl. The van der Waals surface area contributed by atoms with Crippen molar-refractivity contribution in [3.8, 4) is 5.75 Å². The van der Waals surface area contributed by atoms with Gasteiger partial charge in [-0.3, -0.25) is 19.8 Å². The summed E-state index contributed by atoms with van der Waals surface area (Å²) < 4.78 is 10.8. The second kappa shape index (κ2) is 14.3. The largest absolute Gasteiger partial charge is 0.491 e. The summed E-state index contributed by atoms with van der Waals surface area (Å²) >= 11 is 0. The minimum Gasteiger partial charge on any atom is -0.491 e. The summed E-state index contributed by atoms with van der Waals surface area (Å²) in [5, 5.41) is 7.58. The van der Waals surface area contributed by atoms with Gasteiger partial charge in [-0.1, -0.05) is 48.5 Å². The first-order valence-corrected chi connectivity index (χ1v) is 13.0. The maximum atomic E-state index is 13.1. The van der Waals surface area contributed by atoms with Crippen molar-refractivity contribution in [2.75, 3.05) is 20.3 Å². The molecule has 0 unspecified atom stereocenters. The molecule has 3 aromatic rings. The molecule has 0 aliphatic carbocycles. The van der Waals surface area contributed by atoms with Crippen LogP contribution in [0.1, 0.15) is 46.3 Å². The molecule has 1 amide bonds. The third kappa shape index (κ3) is 7.70. The predicted molar refractivity (Wildman–Crippen MR) is 155 cm³/mol. The van der Waals surface area contributed by atoms with Crippen LogP contribution in [-0.4, -0.2) is 54.7 Å². The van der Waals surface area contributed by atoms with E-state index in [1.807, 2.05) is 23.1 Å². The number of amidine groups is 1. The molecule has 1 saturated heterocycles. The van der Waals surface area contributed by atoms with E-state index in [1.165, 1.54) is 12.7 Å². The number of nitrogen functional groups attached to an aromatic ring is 1. The Kier molecular flexibility index (Phi) is 10.8. The number of esters is 1. The zero-order valence-electron chi connectivity index (χ0n) is 22.4. The first-order chi connectivity index (χ1) is 18.9. The summed E-state index contributed by atoms with van der Waals surface area (Å²) in [6.45, 7) is 0.856. The molecule has 8 nitrogen and oxygen atoms in total. The second-order valence-electron chi connectivity index (χ2n) is 9.65. The number of likely N-dealkylation sites (tertiary alicyclic amines) is 1. The molecule has 2 atom stereocenters. The highest BCUT2D eigenvalue weighted by atomic mass is 35.5. The first kappa shape index (κ1) is 30.4. The number of ether oxygens (including phenoxy) is 2. The predicted octanol–water partition coefficient (Wildman–Crippen LogP) is 4.42. The average molecular weight is 564 g/mol. The number of hydrogen-bond acceptors (Lipinski definition) is 6. The Morgan fingerprint density at radius 3 is 2.35 bits per heavy atom. The molecule has 0 aromatic heterocycles. The van der Waals surface area contributed by atoms with Gasteiger partial charge in [-0.25, -0.2) is 0 Å². The van der Waals surface area contributed by atoms with Crippen molar-refractivity contribution in [1.29, 1.82) is 5.41 Å². The number of halogens is 1. The van der Waals surface area contributed by atoms with Gasteiger partial charge in [-0.15, -0.1) is 12.4 Å². The Labute approximate surface area is 240 Å². The molecule has 4 rings (SSSR count). The third-order valence-electron chi connectivity index (χ3n) is 6.97. The minimum absolute atomic E-state index is 0. The Balaban J connectivity index is 0.00000441. The topological polar surface area (TPSA) is 123 Å². The van der Waals surface area contributed by atoms with Gasteiger partial charge < -0.3 is 20.1 Å². The Hall–Kier alpha value is -4.17. The number of nitrogens with zero attached hydrogens (tertiary/aromatic N) is 1. The lowest BCUT2D eigenvalue weighted by Crippen LogP contribution is -2.38. The smallest absolute Gasteiger partial charge is 0.306 e. The maximum Gasteiger partial charge on any atom is 0.306 e. The number of benzene rings is 3. The Morgan fingerprint density at radius 2 is 1.68 bits per heavy atom. The van der Waals surface area contributed by atoms with E-state index in [0.29, 0.717) is 35.4 Å². The molecule has 9 heteroatoms. The van der Waals surface area contributed by atoms with Crippen molar-refractivity contribution in [2.24, 2.45) is 11.7 Å². The van der Waals surface area contributed by atoms with E-state index in [2.05, 4.69) is 12.1 Å². The van der Waals surface area contributed by atoms with E-state index in [0.717, 1.165) is 12.8 Å². The lowest BCUT2D eigenvalue weighted by atomic mass is 10.0. The van der Waals surface area contributed by atoms with Crippen LogP contribution in [0.4, 0.5) is 0 Å². The number of nitrogens with two attached hydrogens (primary N) is 1. The quantitative estimate of drug-likeness (QED) is 0.146. The number of carbonyl (C=O) groups is 3. The monoisotopic (exact) mass is 563 g/mol. The van der Waals surface area contributed by atoms with Gasteiger partial charge in [0.2, 0.25) is 5.91 Å². The van der Waals surface area contributed by atoms with Gasteiger partial charge in [-0.2, -0.15) is 0 Å². The highest BCUT2D eigenvalue weighted by molar-refractivity contribution is 6.10. The highest BCUT2D eigenvalue weighted by Gasteiger charge is 2.40. The molecule has 0 saturated carbocycles. The number of ketones is 1. The molecule has 1 heterocycles. The Morgan fingerprint density at radius 1 is 0.975 bits per heavy atom. The van der Waals surface area contributed by atoms with E-state index >= 15 is 0 Å². The van der Waals surface area contributed by atoms with Crippen LogP contribution in [-0.2, 0) is 20.7 Å². The molecule has 0 spiro atoms. The molecular formula is C31H34ClN3O5. The van der Waals surface area contributed by atoms with Crippen LogP contribution in [0.25, 0.3) is 0 Å². The zero-order valence-corrected chi connectivity index (χ0v) is 23.2. The number of hydrogen-bond donors (Lipinski definition) is 2. The summed E-state index contributed by atoms with van der Waals surface area (Å²) in [5.74, 6) is -0.558. The Bertz CT molecular complexity index is 1330. The lowest BCUT2D eigenvalue weighted by molar-refractivity contribution is -0.144. The fourth-order valence-electron chi connectivity index (χ4n) is 4.86. The van der Waals surface area contributed by atoms with Gasteiger partial charge in [0.05, 0.1) is 25.5 Å². The summed E-state index contributed by atoms with van der Waals surface area (Å²) in [6, 6.07) is 23.5. The van der Waals surface area contributed by atoms with Gasteiger partial charge in [0, 0.05) is 23.2 Å². The standard InChI is InChI=1S/C31H33N3O5.ClH/c1-38-28(35)19-25-18-26(34(31(25)37)16-6-9-21-7-3-2-4-8-21)20-39-27-14-12-22(13-15-27)29(36)23-10-5-11-24(17-23)30(32)33;/h2-5,7-8,10-15,17,25-26H,6,9,16,18-20H2,1H3,(H3,32,33);1H/t25-,26-;/m0./s1. The number of rotatable bonds is 12. The van der Waals surface area contributed by atoms with Crippen LogP contribution in [0, 0.1) is 11.3 Å². The van der Waals surface area contributed by atoms with Crippen molar-refractivity contribution in [3.63, 3.8) is 0 Å². The molecule has 0 bridgehead atoms. The molecule has 0 radical (unpaired) electrons. The van der Waals surface area contributed by atoms with Gasteiger partial charge in [0.1, 0.15) is 18.2 Å². The van der Waals surface area contributed by atoms with Crippen LogP contribution < -0.4 is 10.5 Å². The molecule has 210 valence electrons. The molecule has 1 aliphatic heterocycles. The number of methoxy groups -OCH3 is 1. The average Bonchev–Trinajstić information content (AvgIpc) is 3.25. The van der Waals surface area contributed by atoms with Crippen LogP contribution >= 0.6 is 12.4 Å². The van der Waals surface area contributed by atoms with E-state index < -0.39 is 11.9 Å². The van der Waals surface area contributed by atoms with Gasteiger partial charge in [0.15, 0.2) is 5.78 Å². The number of amides is 1. The van der Waals surface area contributed by atoms with E-state index in [4.69, 9.17) is 20.6 Å². The number of carbonyl (C=O) groups excluding carboxylic acids is 3. The first-order valence-electron chi connectivity index (χ1n) is 13.0. The molecular weight excluding hydrogens is 530 g/mol. The molecule has 1 fully saturated rings.